The molecule has 0 atom stereocenters. The van der Waals surface area contributed by atoms with Gasteiger partial charge in [0.2, 0.25) is 5.91 Å². The van der Waals surface area contributed by atoms with Crippen LogP contribution in [-0.2, 0) is 29.4 Å². The maximum Gasteiger partial charge on any atom is 0.475 e. The molecule has 0 radical (unpaired) electrons. The molecule has 2 heterocycles. The third-order valence-electron chi connectivity index (χ3n) is 6.68. The molecule has 0 aliphatic carbocycles. The lowest BCUT2D eigenvalue weighted by Gasteiger charge is -2.33. The Bertz CT molecular complexity index is 1820. The van der Waals surface area contributed by atoms with Crippen molar-refractivity contribution in [3.8, 4) is 11.5 Å². The number of anilines is 3. The fraction of sp³-hybridized carbons (Fsp3) is 0.486. The van der Waals surface area contributed by atoms with E-state index in [1.807, 2.05) is 13.8 Å². The molecule has 16 heteroatoms. The van der Waals surface area contributed by atoms with Crippen molar-refractivity contribution < 1.29 is 36.8 Å². The van der Waals surface area contributed by atoms with Gasteiger partial charge < -0.3 is 25.4 Å². The molecule has 2 aromatic heterocycles. The molecule has 0 saturated heterocycles. The number of methoxy groups -OCH3 is 1. The lowest BCUT2D eigenvalue weighted by molar-refractivity contribution is -0.115. The number of nitrogens with zero attached hydrogens (tertiary/aromatic N) is 3. The Hall–Kier alpha value is -3.72. The number of thiazole rings is 1. The highest BCUT2D eigenvalue weighted by Crippen LogP contribution is 2.55. The van der Waals surface area contributed by atoms with E-state index >= 15 is 0 Å². The molecule has 0 bridgehead atoms. The highest BCUT2D eigenvalue weighted by molar-refractivity contribution is 7.48. The molecule has 1 amide bonds. The number of nitrogens with one attached hydrogen (secondary N) is 3. The molecule has 0 aliphatic heterocycles. The molecule has 2 aromatic carbocycles. The van der Waals surface area contributed by atoms with Gasteiger partial charge in [-0.05, 0) is 92.6 Å². The van der Waals surface area contributed by atoms with E-state index in [-0.39, 0.29) is 18.9 Å². The number of phosphoric acid groups is 1. The molecule has 4 rings (SSSR count). The van der Waals surface area contributed by atoms with Gasteiger partial charge in [0.15, 0.2) is 16.6 Å². The van der Waals surface area contributed by atoms with Gasteiger partial charge in [-0.15, -0.1) is 11.3 Å². The van der Waals surface area contributed by atoms with Crippen LogP contribution in [0.4, 0.5) is 21.0 Å². The zero-order chi connectivity index (χ0) is 37.5. The quantitative estimate of drug-likeness (QED) is 0.0707. The Kier molecular flexibility index (Phi) is 13.2. The molecule has 51 heavy (non-hydrogen) atoms. The summed E-state index contributed by atoms with van der Waals surface area (Å²) in [4.78, 5) is 26.4. The van der Waals surface area contributed by atoms with Crippen LogP contribution in [0.2, 0.25) is 0 Å². The largest absolute Gasteiger partial charge is 0.493 e. The highest BCUT2D eigenvalue weighted by Gasteiger charge is 2.38. The summed E-state index contributed by atoms with van der Waals surface area (Å²) in [5.74, 6) is 0.828. The molecule has 0 unspecified atom stereocenters. The number of phosphoric ester groups is 1. The molecule has 278 valence electrons. The van der Waals surface area contributed by atoms with E-state index in [9.17, 15) is 13.8 Å². The third kappa shape index (κ3) is 13.1. The molecular weight excluding hydrogens is 698 g/mol. The molecule has 4 aromatic rings. The van der Waals surface area contributed by atoms with E-state index in [4.69, 9.17) is 23.0 Å². The summed E-state index contributed by atoms with van der Waals surface area (Å²) in [7, 11) is -2.28. The Morgan fingerprint density at radius 3 is 2.35 bits per heavy atom. The van der Waals surface area contributed by atoms with Crippen LogP contribution in [0.25, 0.3) is 10.9 Å². The van der Waals surface area contributed by atoms with E-state index in [2.05, 4.69) is 30.9 Å². The van der Waals surface area contributed by atoms with Gasteiger partial charge in [0, 0.05) is 33.8 Å². The summed E-state index contributed by atoms with van der Waals surface area (Å²) in [5.41, 5.74) is -0.956. The summed E-state index contributed by atoms with van der Waals surface area (Å²) in [6.07, 6.45) is 3.78. The van der Waals surface area contributed by atoms with E-state index in [0.717, 1.165) is 0 Å². The van der Waals surface area contributed by atoms with Crippen molar-refractivity contribution in [1.29, 1.82) is 0 Å². The first-order chi connectivity index (χ1) is 23.8. The Labute approximate surface area is 302 Å². The maximum absolute atomic E-state index is 13.5. The summed E-state index contributed by atoms with van der Waals surface area (Å²) in [6.45, 7) is 15.8. The molecule has 0 aliphatic rings. The Balaban J connectivity index is 1.31. The van der Waals surface area contributed by atoms with Crippen molar-refractivity contribution in [2.45, 2.75) is 85.0 Å². The number of amides is 1. The zero-order valence-electron chi connectivity index (χ0n) is 30.6. The number of carbonyl (C=O) groups is 1. The highest BCUT2D eigenvalue weighted by atomic mass is 32.1. The van der Waals surface area contributed by atoms with Crippen LogP contribution in [0.3, 0.4) is 0 Å². The normalized spacial score (nSPS) is 12.6. The summed E-state index contributed by atoms with van der Waals surface area (Å²) < 4.78 is 55.8. The van der Waals surface area contributed by atoms with Crippen LogP contribution < -0.4 is 25.4 Å². The Morgan fingerprint density at radius 1 is 0.961 bits per heavy atom. The average Bonchev–Trinajstić information content (AvgIpc) is 3.44. The fourth-order valence-electron chi connectivity index (χ4n) is 4.63. The topological polar surface area (TPSA) is 155 Å². The van der Waals surface area contributed by atoms with Crippen molar-refractivity contribution in [2.75, 3.05) is 37.5 Å². The first kappa shape index (κ1) is 40.1. The van der Waals surface area contributed by atoms with Gasteiger partial charge in [-0.2, -0.15) is 0 Å². The van der Waals surface area contributed by atoms with Gasteiger partial charge in [0.1, 0.15) is 18.0 Å². The lowest BCUT2D eigenvalue weighted by Crippen LogP contribution is -2.44. The third-order valence-corrected chi connectivity index (χ3v) is 9.58. The van der Waals surface area contributed by atoms with Gasteiger partial charge in [-0.3, -0.25) is 18.4 Å². The van der Waals surface area contributed by atoms with Crippen molar-refractivity contribution in [2.24, 2.45) is 0 Å². The van der Waals surface area contributed by atoms with Crippen LogP contribution in [0.15, 0.2) is 48.9 Å². The number of benzene rings is 2. The predicted octanol–water partition coefficient (Wildman–Crippen LogP) is 8.05. The fourth-order valence-corrected chi connectivity index (χ4v) is 7.40. The van der Waals surface area contributed by atoms with Gasteiger partial charge in [-0.1, -0.05) is 6.07 Å². The van der Waals surface area contributed by atoms with Crippen LogP contribution in [0.1, 0.15) is 66.7 Å². The lowest BCUT2D eigenvalue weighted by atomic mass is 10.1. The number of hydrogen-bond acceptors (Lipinski definition) is 13. The van der Waals surface area contributed by atoms with Crippen LogP contribution in [-0.4, -0.2) is 64.5 Å². The summed E-state index contributed by atoms with van der Waals surface area (Å²) in [6, 6.07) is 9.32. The van der Waals surface area contributed by atoms with E-state index < -0.39 is 30.4 Å². The van der Waals surface area contributed by atoms with Gasteiger partial charge >= 0.3 is 7.82 Å². The molecule has 0 fully saturated rings. The summed E-state index contributed by atoms with van der Waals surface area (Å²) >= 11 is 1.30. The van der Waals surface area contributed by atoms with Crippen molar-refractivity contribution in [3.63, 3.8) is 0 Å². The van der Waals surface area contributed by atoms with Crippen LogP contribution in [0.5, 0.6) is 11.5 Å². The standard InChI is InChI=1S/C35H48FN6O7PS/c1-33(2,3)48-50(44,49-34(4,5)6)47-21-35(7,8)40-14-11-15-46-29-19-27-26(18-28(29)45-9)31(39-22-38-27)42-32-37-20-25(51-32)17-30(43)41-24-13-10-12-23(36)16-24/h10,12-13,16,18-20,22,40H,11,14-15,17,21H2,1-9H3,(H,41,43)(H,37,38,39,42). The number of ether oxygens (including phenoxy) is 2. The number of hydrogen-bond donors (Lipinski definition) is 3. The number of rotatable bonds is 17. The minimum atomic E-state index is -3.83. The molecule has 0 saturated carbocycles. The van der Waals surface area contributed by atoms with Gasteiger partial charge in [0.05, 0.1) is 43.5 Å². The second kappa shape index (κ2) is 16.7. The second-order valence-electron chi connectivity index (χ2n) is 14.4. The number of aromatic nitrogens is 3. The van der Waals surface area contributed by atoms with Crippen molar-refractivity contribution >= 4 is 52.6 Å². The minimum absolute atomic E-state index is 0.0800. The van der Waals surface area contributed by atoms with Gasteiger partial charge in [0.25, 0.3) is 0 Å². The average molecular weight is 747 g/mol. The van der Waals surface area contributed by atoms with E-state index in [1.54, 1.807) is 73.0 Å². The van der Waals surface area contributed by atoms with E-state index in [0.29, 0.717) is 63.5 Å². The minimum Gasteiger partial charge on any atom is -0.493 e. The zero-order valence-corrected chi connectivity index (χ0v) is 32.3. The van der Waals surface area contributed by atoms with E-state index in [1.165, 1.54) is 35.9 Å². The SMILES string of the molecule is COc1cc2c(Nc3ncc(CC(=O)Nc4cccc(F)c4)s3)ncnc2cc1OCCCNC(C)(C)COP(=O)(OC(C)(C)C)OC(C)(C)C. The predicted molar refractivity (Wildman–Crippen MR) is 198 cm³/mol. The monoisotopic (exact) mass is 746 g/mol. The Morgan fingerprint density at radius 2 is 1.69 bits per heavy atom. The van der Waals surface area contributed by atoms with Crippen molar-refractivity contribution in [1.82, 2.24) is 20.3 Å². The number of fused-ring (bicyclic) bond motifs is 1. The van der Waals surface area contributed by atoms with Crippen LogP contribution >= 0.6 is 19.2 Å². The van der Waals surface area contributed by atoms with Crippen LogP contribution in [0, 0.1) is 5.82 Å². The smallest absolute Gasteiger partial charge is 0.475 e. The number of halogens is 1. The first-order valence-electron chi connectivity index (χ1n) is 16.5. The number of carbonyl (C=O) groups excluding carboxylic acids is 1. The second-order valence-corrected chi connectivity index (χ2v) is 17.0. The molecular formula is C35H48FN6O7PS. The maximum atomic E-state index is 13.5. The molecule has 13 nitrogen and oxygen atoms in total. The first-order valence-corrected chi connectivity index (χ1v) is 18.7. The van der Waals surface area contributed by atoms with Crippen molar-refractivity contribution in [3.05, 3.63) is 59.6 Å². The molecule has 3 N–H and O–H groups in total. The summed E-state index contributed by atoms with van der Waals surface area (Å²) in [5, 5.41) is 10.5. The molecule has 0 spiro atoms. The van der Waals surface area contributed by atoms with Gasteiger partial charge in [-0.25, -0.2) is 23.9 Å².